The number of nitriles is 1. The summed E-state index contributed by atoms with van der Waals surface area (Å²) < 4.78 is 1.45. The quantitative estimate of drug-likeness (QED) is 0.694. The smallest absolute Gasteiger partial charge is 0.175 e. The lowest BCUT2D eigenvalue weighted by Crippen LogP contribution is -2.06. The van der Waals surface area contributed by atoms with Crippen molar-refractivity contribution in [3.8, 4) is 17.5 Å². The number of aromatic amines is 1. The summed E-state index contributed by atoms with van der Waals surface area (Å²) in [6.07, 6.45) is 1.98. The normalized spacial score (nSPS) is 10.5. The van der Waals surface area contributed by atoms with E-state index in [4.69, 9.17) is 28.9 Å². The van der Waals surface area contributed by atoms with E-state index in [9.17, 15) is 10.1 Å². The Kier molecular flexibility index (Phi) is 4.25. The third-order valence-electron chi connectivity index (χ3n) is 3.39. The van der Waals surface area contributed by atoms with Crippen LogP contribution < -0.4 is 5.73 Å². The molecule has 1 aromatic carbocycles. The van der Waals surface area contributed by atoms with Crippen molar-refractivity contribution in [3.63, 3.8) is 0 Å². The average molecular weight is 361 g/mol. The van der Waals surface area contributed by atoms with Gasteiger partial charge < -0.3 is 10.7 Å². The van der Waals surface area contributed by atoms with Crippen molar-refractivity contribution < 1.29 is 4.79 Å². The molecule has 0 atom stereocenters. The summed E-state index contributed by atoms with van der Waals surface area (Å²) in [6, 6.07) is 7.06. The first kappa shape index (κ1) is 16.1. The number of anilines is 1. The largest absolute Gasteiger partial charge is 0.383 e. The monoisotopic (exact) mass is 360 g/mol. The van der Waals surface area contributed by atoms with Crippen molar-refractivity contribution in [1.82, 2.24) is 19.7 Å². The van der Waals surface area contributed by atoms with E-state index in [-0.39, 0.29) is 23.8 Å². The van der Waals surface area contributed by atoms with Gasteiger partial charge in [0.25, 0.3) is 0 Å². The third kappa shape index (κ3) is 2.85. The number of aromatic nitrogens is 4. The van der Waals surface area contributed by atoms with Gasteiger partial charge in [-0.05, 0) is 17.7 Å². The Morgan fingerprint density at radius 2 is 2.21 bits per heavy atom. The highest BCUT2D eigenvalue weighted by Crippen LogP contribution is 2.29. The minimum Gasteiger partial charge on any atom is -0.383 e. The minimum atomic E-state index is 0.101. The van der Waals surface area contributed by atoms with Gasteiger partial charge in [0.15, 0.2) is 12.0 Å². The third-order valence-corrected chi connectivity index (χ3v) is 3.98. The molecule has 24 heavy (non-hydrogen) atoms. The summed E-state index contributed by atoms with van der Waals surface area (Å²) >= 11 is 12.0. The van der Waals surface area contributed by atoms with Gasteiger partial charge in [-0.15, -0.1) is 0 Å². The Bertz CT molecular complexity index is 969. The van der Waals surface area contributed by atoms with Gasteiger partial charge in [-0.3, -0.25) is 4.79 Å². The van der Waals surface area contributed by atoms with Gasteiger partial charge in [0, 0.05) is 10.0 Å². The van der Waals surface area contributed by atoms with Gasteiger partial charge >= 0.3 is 0 Å². The van der Waals surface area contributed by atoms with Crippen LogP contribution in [0.2, 0.25) is 10.0 Å². The van der Waals surface area contributed by atoms with Gasteiger partial charge in [-0.2, -0.15) is 10.4 Å². The van der Waals surface area contributed by atoms with Crippen molar-refractivity contribution in [2.75, 3.05) is 5.73 Å². The van der Waals surface area contributed by atoms with Gasteiger partial charge in [0.2, 0.25) is 0 Å². The van der Waals surface area contributed by atoms with Gasteiger partial charge in [-0.25, -0.2) is 9.67 Å². The standard InChI is InChI=1S/C15H10Cl2N6O/c16-9-2-1-8(11(17)3-9)6-23-14(19)13(12(4-18)22-23)15-20-5-10(7-24)21-15/h1-3,5,7H,6,19H2,(H,20,21). The van der Waals surface area contributed by atoms with Crippen LogP contribution in [0, 0.1) is 11.3 Å². The number of rotatable bonds is 4. The number of nitrogens with zero attached hydrogens (tertiary/aromatic N) is 4. The number of aldehydes is 1. The van der Waals surface area contributed by atoms with Crippen LogP contribution in [0.15, 0.2) is 24.4 Å². The summed E-state index contributed by atoms with van der Waals surface area (Å²) in [4.78, 5) is 17.6. The Morgan fingerprint density at radius 1 is 1.42 bits per heavy atom. The van der Waals surface area contributed by atoms with E-state index in [0.717, 1.165) is 5.56 Å². The Balaban J connectivity index is 2.04. The number of halogens is 2. The maximum Gasteiger partial charge on any atom is 0.175 e. The van der Waals surface area contributed by atoms with Crippen molar-refractivity contribution in [2.24, 2.45) is 0 Å². The number of nitrogens with two attached hydrogens (primary N) is 1. The molecule has 3 aromatic rings. The van der Waals surface area contributed by atoms with Crippen LogP contribution in [0.25, 0.3) is 11.4 Å². The second-order valence-corrected chi connectivity index (χ2v) is 5.76. The van der Waals surface area contributed by atoms with Gasteiger partial charge in [-0.1, -0.05) is 29.3 Å². The Morgan fingerprint density at radius 3 is 2.83 bits per heavy atom. The molecule has 2 heterocycles. The number of carbonyl (C=O) groups excluding carboxylic acids is 1. The first-order valence-corrected chi connectivity index (χ1v) is 7.50. The Labute approximate surface area is 146 Å². The van der Waals surface area contributed by atoms with E-state index >= 15 is 0 Å². The highest BCUT2D eigenvalue weighted by atomic mass is 35.5. The summed E-state index contributed by atoms with van der Waals surface area (Å²) in [7, 11) is 0. The molecule has 0 bridgehead atoms. The van der Waals surface area contributed by atoms with E-state index in [1.54, 1.807) is 18.2 Å². The van der Waals surface area contributed by atoms with E-state index in [0.29, 0.717) is 27.7 Å². The molecule has 0 aliphatic heterocycles. The topological polar surface area (TPSA) is 113 Å². The second kappa shape index (κ2) is 6.35. The van der Waals surface area contributed by atoms with Crippen molar-refractivity contribution in [2.45, 2.75) is 6.54 Å². The second-order valence-electron chi connectivity index (χ2n) is 4.92. The molecule has 0 unspecified atom stereocenters. The molecule has 0 aliphatic rings. The van der Waals surface area contributed by atoms with Crippen molar-refractivity contribution >= 4 is 35.3 Å². The number of nitrogen functional groups attached to an aromatic ring is 1. The maximum absolute atomic E-state index is 10.8. The first-order chi connectivity index (χ1) is 11.5. The summed E-state index contributed by atoms with van der Waals surface area (Å²) in [5, 5.41) is 14.5. The van der Waals surface area contributed by atoms with E-state index in [1.165, 1.54) is 10.9 Å². The predicted octanol–water partition coefficient (Wildman–Crippen LogP) is 2.89. The Hall–Kier alpha value is -2.82. The molecule has 0 spiro atoms. The highest BCUT2D eigenvalue weighted by molar-refractivity contribution is 6.35. The highest BCUT2D eigenvalue weighted by Gasteiger charge is 2.20. The summed E-state index contributed by atoms with van der Waals surface area (Å²) in [6.45, 7) is 0.262. The summed E-state index contributed by atoms with van der Waals surface area (Å²) in [5.41, 5.74) is 7.60. The zero-order valence-corrected chi connectivity index (χ0v) is 13.6. The number of nitrogens with one attached hydrogen (secondary N) is 1. The molecular weight excluding hydrogens is 351 g/mol. The van der Waals surface area contributed by atoms with Crippen LogP contribution in [0.3, 0.4) is 0 Å². The van der Waals surface area contributed by atoms with E-state index in [1.807, 2.05) is 6.07 Å². The fraction of sp³-hybridized carbons (Fsp3) is 0.0667. The number of hydrogen-bond acceptors (Lipinski definition) is 5. The molecule has 3 N–H and O–H groups in total. The van der Waals surface area contributed by atoms with Crippen molar-refractivity contribution in [3.05, 3.63) is 51.4 Å². The number of carbonyl (C=O) groups is 1. The number of H-pyrrole nitrogens is 1. The van der Waals surface area contributed by atoms with Crippen LogP contribution >= 0.6 is 23.2 Å². The van der Waals surface area contributed by atoms with Crippen LogP contribution in [0.4, 0.5) is 5.82 Å². The molecule has 7 nitrogen and oxygen atoms in total. The fourth-order valence-corrected chi connectivity index (χ4v) is 2.71. The fourth-order valence-electron chi connectivity index (χ4n) is 2.24. The average Bonchev–Trinajstić information content (AvgIpc) is 3.14. The molecule has 0 saturated heterocycles. The van der Waals surface area contributed by atoms with Crippen LogP contribution in [-0.4, -0.2) is 26.0 Å². The molecule has 0 fully saturated rings. The molecule has 0 saturated carbocycles. The zero-order chi connectivity index (χ0) is 17.3. The predicted molar refractivity (Wildman–Crippen MR) is 89.9 cm³/mol. The molecule has 120 valence electrons. The minimum absolute atomic E-state index is 0.101. The number of imidazole rings is 1. The van der Waals surface area contributed by atoms with Crippen LogP contribution in [-0.2, 0) is 6.54 Å². The maximum atomic E-state index is 10.8. The van der Waals surface area contributed by atoms with Gasteiger partial charge in [0.1, 0.15) is 17.7 Å². The SMILES string of the molecule is N#Cc1nn(Cc2ccc(Cl)cc2Cl)c(N)c1-c1ncc(C=O)[nH]1. The van der Waals surface area contributed by atoms with Crippen LogP contribution in [0.5, 0.6) is 0 Å². The van der Waals surface area contributed by atoms with E-state index < -0.39 is 0 Å². The van der Waals surface area contributed by atoms with Gasteiger partial charge in [0.05, 0.1) is 24.0 Å². The molecule has 0 amide bonds. The lowest BCUT2D eigenvalue weighted by atomic mass is 10.2. The molecular formula is C15H10Cl2N6O. The lowest BCUT2D eigenvalue weighted by molar-refractivity contribution is 0.111. The summed E-state index contributed by atoms with van der Waals surface area (Å²) in [5.74, 6) is 0.545. The van der Waals surface area contributed by atoms with Crippen LogP contribution in [0.1, 0.15) is 21.7 Å². The molecule has 0 aliphatic carbocycles. The number of hydrogen-bond donors (Lipinski definition) is 2. The first-order valence-electron chi connectivity index (χ1n) is 6.74. The number of benzene rings is 1. The molecule has 0 radical (unpaired) electrons. The van der Waals surface area contributed by atoms with Crippen molar-refractivity contribution in [1.29, 1.82) is 5.26 Å². The zero-order valence-electron chi connectivity index (χ0n) is 12.1. The molecule has 3 rings (SSSR count). The van der Waals surface area contributed by atoms with E-state index in [2.05, 4.69) is 15.1 Å². The molecule has 2 aromatic heterocycles. The lowest BCUT2D eigenvalue weighted by Gasteiger charge is -2.07. The molecule has 9 heteroatoms.